The Morgan fingerprint density at radius 1 is 1.33 bits per heavy atom. The number of nitrogens with zero attached hydrogens (tertiary/aromatic N) is 2. The van der Waals surface area contributed by atoms with Gasteiger partial charge in [0, 0.05) is 18.9 Å². The van der Waals surface area contributed by atoms with Crippen LogP contribution in [-0.4, -0.2) is 39.7 Å². The molecule has 2 aromatic rings. The molecule has 1 aromatic carbocycles. The van der Waals surface area contributed by atoms with Gasteiger partial charge < -0.3 is 14.8 Å². The summed E-state index contributed by atoms with van der Waals surface area (Å²) in [5.41, 5.74) is 1.26. The van der Waals surface area contributed by atoms with Gasteiger partial charge in [0.15, 0.2) is 0 Å². The summed E-state index contributed by atoms with van der Waals surface area (Å²) in [7, 11) is 0. The lowest BCUT2D eigenvalue weighted by Crippen LogP contribution is -2.35. The van der Waals surface area contributed by atoms with E-state index < -0.39 is 6.10 Å². The first-order chi connectivity index (χ1) is 11.8. The van der Waals surface area contributed by atoms with Crippen molar-refractivity contribution in [1.29, 1.82) is 0 Å². The van der Waals surface area contributed by atoms with Gasteiger partial charge in [-0.05, 0) is 49.5 Å². The fourth-order valence-electron chi connectivity index (χ4n) is 3.16. The summed E-state index contributed by atoms with van der Waals surface area (Å²) < 4.78 is 5.39. The van der Waals surface area contributed by atoms with E-state index in [-0.39, 0.29) is 5.92 Å². The average molecular weight is 325 g/mol. The SMILES string of the molecule is C#CCOc1ccc(CN2CCC([C@H](O)c3ncc[nH]3)CC2)cc1. The van der Waals surface area contributed by atoms with Gasteiger partial charge in [-0.15, -0.1) is 6.42 Å². The van der Waals surface area contributed by atoms with Crippen LogP contribution in [-0.2, 0) is 6.54 Å². The molecule has 1 aliphatic heterocycles. The molecule has 1 atom stereocenters. The van der Waals surface area contributed by atoms with Crippen molar-refractivity contribution < 1.29 is 9.84 Å². The molecule has 0 saturated carbocycles. The number of aromatic nitrogens is 2. The van der Waals surface area contributed by atoms with E-state index in [0.717, 1.165) is 38.2 Å². The third-order valence-electron chi connectivity index (χ3n) is 4.53. The molecule has 2 N–H and O–H groups in total. The maximum Gasteiger partial charge on any atom is 0.148 e. The van der Waals surface area contributed by atoms with Gasteiger partial charge in [-0.1, -0.05) is 18.1 Å². The molecule has 1 saturated heterocycles. The van der Waals surface area contributed by atoms with Crippen LogP contribution >= 0.6 is 0 Å². The Morgan fingerprint density at radius 3 is 2.71 bits per heavy atom. The van der Waals surface area contributed by atoms with E-state index >= 15 is 0 Å². The summed E-state index contributed by atoms with van der Waals surface area (Å²) in [6, 6.07) is 8.07. The minimum atomic E-state index is -0.491. The Balaban J connectivity index is 1.48. The zero-order valence-corrected chi connectivity index (χ0v) is 13.7. The van der Waals surface area contributed by atoms with Crippen LogP contribution in [0.1, 0.15) is 30.3 Å². The Bertz CT molecular complexity index is 653. The van der Waals surface area contributed by atoms with Gasteiger partial charge in [0.25, 0.3) is 0 Å². The van der Waals surface area contributed by atoms with Crippen LogP contribution in [0, 0.1) is 18.3 Å². The largest absolute Gasteiger partial charge is 0.481 e. The number of imidazole rings is 1. The molecule has 0 bridgehead atoms. The van der Waals surface area contributed by atoms with E-state index in [1.54, 1.807) is 12.4 Å². The van der Waals surface area contributed by atoms with Gasteiger partial charge in [0.2, 0.25) is 0 Å². The minimum Gasteiger partial charge on any atom is -0.481 e. The lowest BCUT2D eigenvalue weighted by molar-refractivity contribution is 0.0515. The number of aliphatic hydroxyl groups is 1. The van der Waals surface area contributed by atoms with E-state index in [2.05, 4.69) is 32.9 Å². The summed E-state index contributed by atoms with van der Waals surface area (Å²) >= 11 is 0. The normalized spacial score (nSPS) is 17.3. The third-order valence-corrected chi connectivity index (χ3v) is 4.53. The van der Waals surface area contributed by atoms with Crippen molar-refractivity contribution in [3.63, 3.8) is 0 Å². The molecule has 2 heterocycles. The van der Waals surface area contributed by atoms with Gasteiger partial charge in [-0.2, -0.15) is 0 Å². The number of H-pyrrole nitrogens is 1. The van der Waals surface area contributed by atoms with Gasteiger partial charge in [-0.3, -0.25) is 4.90 Å². The first-order valence-corrected chi connectivity index (χ1v) is 8.31. The molecule has 5 heteroatoms. The molecule has 0 unspecified atom stereocenters. The number of aliphatic hydroxyl groups excluding tert-OH is 1. The molecule has 1 aromatic heterocycles. The van der Waals surface area contributed by atoms with Gasteiger partial charge in [0.05, 0.1) is 0 Å². The number of terminal acetylenes is 1. The Hall–Kier alpha value is -2.29. The number of ether oxygens (including phenoxy) is 1. The topological polar surface area (TPSA) is 61.4 Å². The molecule has 0 spiro atoms. The minimum absolute atomic E-state index is 0.270. The van der Waals surface area contributed by atoms with Crippen molar-refractivity contribution in [3.8, 4) is 18.1 Å². The van der Waals surface area contributed by atoms with E-state index in [1.165, 1.54) is 5.56 Å². The van der Waals surface area contributed by atoms with E-state index in [9.17, 15) is 5.11 Å². The summed E-state index contributed by atoms with van der Waals surface area (Å²) in [4.78, 5) is 9.59. The van der Waals surface area contributed by atoms with Crippen molar-refractivity contribution in [2.24, 2.45) is 5.92 Å². The molecular formula is C19H23N3O2. The molecule has 0 aliphatic carbocycles. The maximum absolute atomic E-state index is 10.4. The van der Waals surface area contributed by atoms with E-state index in [0.29, 0.717) is 12.4 Å². The second-order valence-electron chi connectivity index (χ2n) is 6.17. The number of hydrogen-bond donors (Lipinski definition) is 2. The Kier molecular flexibility index (Phi) is 5.52. The average Bonchev–Trinajstić information content (AvgIpc) is 3.16. The molecule has 5 nitrogen and oxygen atoms in total. The standard InChI is InChI=1S/C19H23N3O2/c1-2-13-24-17-5-3-15(4-6-17)14-22-11-7-16(8-12-22)18(23)19-20-9-10-21-19/h1,3-6,9-10,16,18,23H,7-8,11-14H2,(H,20,21)/t18-/m0/s1. The van der Waals surface area contributed by atoms with Crippen LogP contribution in [0.5, 0.6) is 5.75 Å². The molecule has 3 rings (SSSR count). The van der Waals surface area contributed by atoms with Crippen molar-refractivity contribution >= 4 is 0 Å². The van der Waals surface area contributed by atoms with E-state index in [1.807, 2.05) is 12.1 Å². The number of hydrogen-bond acceptors (Lipinski definition) is 4. The molecule has 0 radical (unpaired) electrons. The van der Waals surface area contributed by atoms with Crippen LogP contribution in [0.4, 0.5) is 0 Å². The molecule has 1 fully saturated rings. The molecule has 0 amide bonds. The Morgan fingerprint density at radius 2 is 2.08 bits per heavy atom. The number of benzene rings is 1. The van der Waals surface area contributed by atoms with Crippen molar-refractivity contribution in [3.05, 3.63) is 48.0 Å². The quantitative estimate of drug-likeness (QED) is 0.801. The zero-order valence-electron chi connectivity index (χ0n) is 13.7. The molecular weight excluding hydrogens is 302 g/mol. The fraction of sp³-hybridized carbons (Fsp3) is 0.421. The van der Waals surface area contributed by atoms with Crippen LogP contribution in [0.2, 0.25) is 0 Å². The predicted molar refractivity (Wildman–Crippen MR) is 92.3 cm³/mol. The summed E-state index contributed by atoms with van der Waals surface area (Å²) in [5, 5.41) is 10.4. The van der Waals surface area contributed by atoms with Crippen LogP contribution in [0.15, 0.2) is 36.7 Å². The van der Waals surface area contributed by atoms with Crippen molar-refractivity contribution in [1.82, 2.24) is 14.9 Å². The second kappa shape index (κ2) is 8.00. The van der Waals surface area contributed by atoms with Gasteiger partial charge in [0.1, 0.15) is 24.3 Å². The highest BCUT2D eigenvalue weighted by molar-refractivity contribution is 5.27. The third kappa shape index (κ3) is 4.16. The predicted octanol–water partition coefficient (Wildman–Crippen LogP) is 2.37. The van der Waals surface area contributed by atoms with Crippen LogP contribution in [0.25, 0.3) is 0 Å². The zero-order chi connectivity index (χ0) is 16.8. The molecule has 1 aliphatic rings. The second-order valence-corrected chi connectivity index (χ2v) is 6.17. The van der Waals surface area contributed by atoms with Crippen LogP contribution in [0.3, 0.4) is 0 Å². The highest BCUT2D eigenvalue weighted by Gasteiger charge is 2.27. The smallest absolute Gasteiger partial charge is 0.148 e. The lowest BCUT2D eigenvalue weighted by atomic mass is 9.90. The maximum atomic E-state index is 10.4. The molecule has 24 heavy (non-hydrogen) atoms. The lowest BCUT2D eigenvalue weighted by Gasteiger charge is -2.33. The number of rotatable bonds is 6. The monoisotopic (exact) mass is 325 g/mol. The van der Waals surface area contributed by atoms with Gasteiger partial charge >= 0.3 is 0 Å². The molecule has 126 valence electrons. The Labute approximate surface area is 142 Å². The summed E-state index contributed by atoms with van der Waals surface area (Å²) in [6.07, 6.45) is 10.1. The van der Waals surface area contributed by atoms with Crippen LogP contribution < -0.4 is 4.74 Å². The first kappa shape index (κ1) is 16.6. The number of likely N-dealkylation sites (tertiary alicyclic amines) is 1. The van der Waals surface area contributed by atoms with E-state index in [4.69, 9.17) is 11.2 Å². The van der Waals surface area contributed by atoms with Gasteiger partial charge in [-0.25, -0.2) is 4.98 Å². The summed E-state index contributed by atoms with van der Waals surface area (Å²) in [5.74, 6) is 4.21. The number of aromatic amines is 1. The van der Waals surface area contributed by atoms with Crippen molar-refractivity contribution in [2.45, 2.75) is 25.5 Å². The first-order valence-electron chi connectivity index (χ1n) is 8.31. The highest BCUT2D eigenvalue weighted by Crippen LogP contribution is 2.29. The fourth-order valence-corrected chi connectivity index (χ4v) is 3.16. The highest BCUT2D eigenvalue weighted by atomic mass is 16.5. The van der Waals surface area contributed by atoms with Crippen molar-refractivity contribution in [2.75, 3.05) is 19.7 Å². The number of piperidine rings is 1. The number of nitrogens with one attached hydrogen (secondary N) is 1. The summed E-state index contributed by atoms with van der Waals surface area (Å²) in [6.45, 7) is 3.18.